The third-order valence-corrected chi connectivity index (χ3v) is 3.80. The minimum Gasteiger partial charge on any atom is -0.354 e. The van der Waals surface area contributed by atoms with Gasteiger partial charge in [0.1, 0.15) is 0 Å². The summed E-state index contributed by atoms with van der Waals surface area (Å²) in [6.07, 6.45) is 0.846. The number of thiocarbonyl (C=S) groups is 1. The van der Waals surface area contributed by atoms with Crippen molar-refractivity contribution in [2.75, 3.05) is 6.54 Å². The molecule has 0 bridgehead atoms. The summed E-state index contributed by atoms with van der Waals surface area (Å²) in [7, 11) is 0. The molecule has 0 unspecified atom stereocenters. The van der Waals surface area contributed by atoms with Crippen LogP contribution in [0.15, 0.2) is 0 Å². The lowest BCUT2D eigenvalue weighted by Crippen LogP contribution is -2.43. The Hall–Kier alpha value is -1.19. The molecule has 1 aromatic carbocycles. The van der Waals surface area contributed by atoms with Crippen LogP contribution in [-0.2, 0) is 5.85 Å². The molecule has 0 spiro atoms. The number of halogens is 6. The molecular weight excluding hydrogens is 320 g/mol. The van der Waals surface area contributed by atoms with Crippen LogP contribution in [0.4, 0.5) is 26.3 Å². The van der Waals surface area contributed by atoms with E-state index in [0.717, 1.165) is 0 Å². The monoisotopic (exact) mass is 329 g/mol. The van der Waals surface area contributed by atoms with Crippen LogP contribution >= 0.6 is 12.2 Å². The molecule has 21 heavy (non-hydrogen) atoms. The van der Waals surface area contributed by atoms with Gasteiger partial charge in [0.25, 0.3) is 5.85 Å². The first kappa shape index (κ1) is 16.2. The highest BCUT2D eigenvalue weighted by Crippen LogP contribution is 2.35. The molecule has 0 radical (unpaired) electrons. The number of benzene rings is 1. The Bertz CT molecular complexity index is 571. The molecule has 1 aromatic rings. The van der Waals surface area contributed by atoms with Crippen molar-refractivity contribution in [3.63, 3.8) is 0 Å². The summed E-state index contributed by atoms with van der Waals surface area (Å²) in [6.45, 7) is 0.429. The van der Waals surface area contributed by atoms with Gasteiger partial charge < -0.3 is 10.4 Å². The Morgan fingerprint density at radius 2 is 1.52 bits per heavy atom. The molecule has 1 aliphatic rings. The lowest BCUT2D eigenvalue weighted by Gasteiger charge is -2.25. The molecule has 2 N–H and O–H groups in total. The van der Waals surface area contributed by atoms with E-state index in [4.69, 9.17) is 0 Å². The van der Waals surface area contributed by atoms with E-state index in [9.17, 15) is 31.4 Å². The highest BCUT2D eigenvalue weighted by atomic mass is 32.1. The van der Waals surface area contributed by atoms with Crippen LogP contribution in [0.1, 0.15) is 18.4 Å². The van der Waals surface area contributed by atoms with Gasteiger partial charge in [0.15, 0.2) is 23.3 Å². The van der Waals surface area contributed by atoms with Gasteiger partial charge in [0.05, 0.1) is 10.4 Å². The largest absolute Gasteiger partial charge is 0.354 e. The second-order valence-electron chi connectivity index (χ2n) is 4.58. The van der Waals surface area contributed by atoms with Crippen molar-refractivity contribution in [1.82, 2.24) is 5.32 Å². The zero-order valence-corrected chi connectivity index (χ0v) is 11.1. The molecule has 0 saturated carbocycles. The van der Waals surface area contributed by atoms with Gasteiger partial charge >= 0.3 is 0 Å². The average molecular weight is 329 g/mol. The van der Waals surface area contributed by atoms with Gasteiger partial charge in [0, 0.05) is 6.04 Å². The maximum Gasteiger partial charge on any atom is 0.273 e. The van der Waals surface area contributed by atoms with Gasteiger partial charge in [-0.15, -0.1) is 0 Å². The van der Waals surface area contributed by atoms with Crippen LogP contribution in [0.25, 0.3) is 0 Å². The minimum absolute atomic E-state index is 0.278. The summed E-state index contributed by atoms with van der Waals surface area (Å²) >= 11 is 4.61. The molecule has 1 fully saturated rings. The Balaban J connectivity index is 2.56. The van der Waals surface area contributed by atoms with Crippen LogP contribution in [0.2, 0.25) is 0 Å². The van der Waals surface area contributed by atoms with Crippen molar-refractivity contribution < 1.29 is 31.4 Å². The number of hydrogen-bond acceptors (Lipinski definition) is 3. The van der Waals surface area contributed by atoms with E-state index in [1.165, 1.54) is 0 Å². The van der Waals surface area contributed by atoms with Gasteiger partial charge in [-0.05, 0) is 19.4 Å². The molecule has 2 atom stereocenters. The van der Waals surface area contributed by atoms with E-state index < -0.39 is 51.4 Å². The molecule has 1 saturated heterocycles. The molecule has 0 aliphatic carbocycles. The lowest BCUT2D eigenvalue weighted by atomic mass is 9.96. The van der Waals surface area contributed by atoms with Crippen LogP contribution < -0.4 is 5.32 Å². The molecule has 2 rings (SSSR count). The standard InChI is InChI=1S/C12H9F6NOS/c13-6-5(7(14)9(16)10(17)8(6)15)12(18,20)11(21)4-2-1-3-19-4/h4,19-20H,1-3H2/t4-,12+/m0/s1. The van der Waals surface area contributed by atoms with Crippen molar-refractivity contribution in [3.8, 4) is 0 Å². The van der Waals surface area contributed by atoms with E-state index in [1.807, 2.05) is 0 Å². The third-order valence-electron chi connectivity index (χ3n) is 3.24. The molecular formula is C12H9F6NOS. The smallest absolute Gasteiger partial charge is 0.273 e. The summed E-state index contributed by atoms with van der Waals surface area (Å²) in [4.78, 5) is -0.872. The average Bonchev–Trinajstić information content (AvgIpc) is 2.96. The SMILES string of the molecule is O[C@@](F)(C(=S)[C@@H]1CCCN1)c1c(F)c(F)c(F)c(F)c1F. The minimum atomic E-state index is -3.96. The summed E-state index contributed by atoms with van der Waals surface area (Å²) in [6, 6.07) is -0.898. The predicted octanol–water partition coefficient (Wildman–Crippen LogP) is 2.62. The van der Waals surface area contributed by atoms with Crippen molar-refractivity contribution >= 4 is 17.1 Å². The fourth-order valence-electron chi connectivity index (χ4n) is 2.16. The maximum absolute atomic E-state index is 14.3. The van der Waals surface area contributed by atoms with E-state index in [1.54, 1.807) is 0 Å². The molecule has 0 amide bonds. The maximum atomic E-state index is 14.3. The number of rotatable bonds is 3. The number of nitrogens with one attached hydrogen (secondary N) is 1. The molecule has 2 nitrogen and oxygen atoms in total. The first-order valence-electron chi connectivity index (χ1n) is 5.90. The molecule has 1 heterocycles. The van der Waals surface area contributed by atoms with E-state index in [0.29, 0.717) is 13.0 Å². The summed E-state index contributed by atoms with van der Waals surface area (Å²) < 4.78 is 80.5. The Morgan fingerprint density at radius 3 is 1.95 bits per heavy atom. The second kappa shape index (κ2) is 5.54. The molecule has 9 heteroatoms. The predicted molar refractivity (Wildman–Crippen MR) is 64.9 cm³/mol. The highest BCUT2D eigenvalue weighted by molar-refractivity contribution is 7.80. The van der Waals surface area contributed by atoms with Crippen LogP contribution in [-0.4, -0.2) is 22.6 Å². The fraction of sp³-hybridized carbons (Fsp3) is 0.417. The quantitative estimate of drug-likeness (QED) is 0.387. The van der Waals surface area contributed by atoms with E-state index >= 15 is 0 Å². The van der Waals surface area contributed by atoms with Gasteiger partial charge in [-0.1, -0.05) is 12.2 Å². The zero-order valence-electron chi connectivity index (χ0n) is 10.3. The van der Waals surface area contributed by atoms with E-state index in [2.05, 4.69) is 17.5 Å². The van der Waals surface area contributed by atoms with Crippen LogP contribution in [0, 0.1) is 29.1 Å². The molecule has 0 aromatic heterocycles. The third kappa shape index (κ3) is 2.53. The number of alkyl halides is 1. The fourth-order valence-corrected chi connectivity index (χ4v) is 2.46. The topological polar surface area (TPSA) is 32.3 Å². The van der Waals surface area contributed by atoms with Crippen LogP contribution in [0.5, 0.6) is 0 Å². The lowest BCUT2D eigenvalue weighted by molar-refractivity contribution is -0.0335. The van der Waals surface area contributed by atoms with Crippen LogP contribution in [0.3, 0.4) is 0 Å². The van der Waals surface area contributed by atoms with Crippen molar-refractivity contribution in [2.24, 2.45) is 0 Å². The van der Waals surface area contributed by atoms with Gasteiger partial charge in [0.2, 0.25) is 5.82 Å². The normalized spacial score (nSPS) is 21.4. The number of aliphatic hydroxyl groups is 1. The second-order valence-corrected chi connectivity index (χ2v) is 5.02. The zero-order chi connectivity index (χ0) is 15.9. The molecule has 1 aliphatic heterocycles. The van der Waals surface area contributed by atoms with E-state index in [-0.39, 0.29) is 6.42 Å². The molecule has 116 valence electrons. The van der Waals surface area contributed by atoms with Gasteiger partial charge in [-0.3, -0.25) is 0 Å². The number of hydrogen-bond donors (Lipinski definition) is 2. The summed E-state index contributed by atoms with van der Waals surface area (Å²) in [5, 5.41) is 12.3. The Kier molecular flexibility index (Phi) is 4.27. The summed E-state index contributed by atoms with van der Waals surface area (Å²) in [5.41, 5.74) is -1.99. The van der Waals surface area contributed by atoms with Gasteiger partial charge in [-0.2, -0.15) is 0 Å². The highest BCUT2D eigenvalue weighted by Gasteiger charge is 2.46. The summed E-state index contributed by atoms with van der Waals surface area (Å²) in [5.74, 6) is -16.0. The Morgan fingerprint density at radius 1 is 1.05 bits per heavy atom. The Labute approximate surface area is 120 Å². The van der Waals surface area contributed by atoms with Crippen molar-refractivity contribution in [1.29, 1.82) is 0 Å². The first-order chi connectivity index (χ1) is 9.69. The first-order valence-corrected chi connectivity index (χ1v) is 6.31. The van der Waals surface area contributed by atoms with Crippen molar-refractivity contribution in [3.05, 3.63) is 34.6 Å². The van der Waals surface area contributed by atoms with Crippen molar-refractivity contribution in [2.45, 2.75) is 24.7 Å². The van der Waals surface area contributed by atoms with Gasteiger partial charge in [-0.25, -0.2) is 26.3 Å².